The molecule has 0 aromatic heterocycles. The standard InChI is InChI=1S/C18H16ClN3O3/c1-2-10-25-16-8-6-13(7-9-16)12-20-22-18(24)17(23)21-15-5-3-4-14(19)11-15/h2-9,11-12H,1,10H2,(H,21,23)(H,22,24)/b20-12-. The number of hydrogen-bond acceptors (Lipinski definition) is 4. The van der Waals surface area contributed by atoms with Crippen LogP contribution in [-0.2, 0) is 9.59 Å². The molecule has 0 aliphatic heterocycles. The Balaban J connectivity index is 1.85. The van der Waals surface area contributed by atoms with Gasteiger partial charge in [-0.2, -0.15) is 5.10 Å². The van der Waals surface area contributed by atoms with Gasteiger partial charge in [0.15, 0.2) is 0 Å². The summed E-state index contributed by atoms with van der Waals surface area (Å²) in [6.45, 7) is 3.99. The molecule has 0 heterocycles. The fraction of sp³-hybridized carbons (Fsp3) is 0.0556. The van der Waals surface area contributed by atoms with Crippen molar-refractivity contribution in [1.82, 2.24) is 5.43 Å². The van der Waals surface area contributed by atoms with Gasteiger partial charge >= 0.3 is 11.8 Å². The van der Waals surface area contributed by atoms with Crippen molar-refractivity contribution < 1.29 is 14.3 Å². The third-order valence-corrected chi connectivity index (χ3v) is 3.15. The third-order valence-electron chi connectivity index (χ3n) is 2.92. The Labute approximate surface area is 150 Å². The fourth-order valence-corrected chi connectivity index (χ4v) is 1.97. The van der Waals surface area contributed by atoms with Crippen LogP contribution < -0.4 is 15.5 Å². The van der Waals surface area contributed by atoms with Gasteiger partial charge in [0.25, 0.3) is 0 Å². The quantitative estimate of drug-likeness (QED) is 0.361. The number of anilines is 1. The molecule has 0 aliphatic carbocycles. The number of ether oxygens (including phenoxy) is 1. The molecule has 2 aromatic rings. The summed E-state index contributed by atoms with van der Waals surface area (Å²) in [4.78, 5) is 23.4. The van der Waals surface area contributed by atoms with Gasteiger partial charge in [0.05, 0.1) is 6.21 Å². The molecular weight excluding hydrogens is 342 g/mol. The van der Waals surface area contributed by atoms with Gasteiger partial charge in [-0.05, 0) is 48.0 Å². The number of hydrogen-bond donors (Lipinski definition) is 2. The van der Waals surface area contributed by atoms with E-state index in [9.17, 15) is 9.59 Å². The highest BCUT2D eigenvalue weighted by Crippen LogP contribution is 2.14. The van der Waals surface area contributed by atoms with E-state index in [2.05, 4.69) is 22.4 Å². The first kappa shape index (κ1) is 18.2. The lowest BCUT2D eigenvalue weighted by atomic mass is 10.2. The van der Waals surface area contributed by atoms with Crippen LogP contribution in [0.3, 0.4) is 0 Å². The molecule has 2 amide bonds. The molecule has 2 aromatic carbocycles. The highest BCUT2D eigenvalue weighted by molar-refractivity contribution is 6.39. The van der Waals surface area contributed by atoms with Crippen molar-refractivity contribution in [2.24, 2.45) is 5.10 Å². The van der Waals surface area contributed by atoms with Crippen molar-refractivity contribution >= 4 is 35.3 Å². The topological polar surface area (TPSA) is 79.8 Å². The Morgan fingerprint density at radius 1 is 1.16 bits per heavy atom. The highest BCUT2D eigenvalue weighted by Gasteiger charge is 2.12. The molecule has 128 valence electrons. The highest BCUT2D eigenvalue weighted by atomic mass is 35.5. The molecule has 25 heavy (non-hydrogen) atoms. The maximum absolute atomic E-state index is 11.7. The summed E-state index contributed by atoms with van der Waals surface area (Å²) >= 11 is 5.81. The number of amides is 2. The van der Waals surface area contributed by atoms with Crippen molar-refractivity contribution in [3.8, 4) is 5.75 Å². The number of rotatable bonds is 6. The number of carbonyl (C=O) groups excluding carboxylic acids is 2. The Bertz CT molecular complexity index is 788. The molecule has 0 fully saturated rings. The number of halogens is 1. The molecule has 2 N–H and O–H groups in total. The Morgan fingerprint density at radius 3 is 2.60 bits per heavy atom. The summed E-state index contributed by atoms with van der Waals surface area (Å²) in [7, 11) is 0. The second-order valence-corrected chi connectivity index (χ2v) is 5.27. The molecule has 0 aliphatic rings. The van der Waals surface area contributed by atoms with Crippen LogP contribution in [0.2, 0.25) is 5.02 Å². The van der Waals surface area contributed by atoms with Crippen LogP contribution in [-0.4, -0.2) is 24.6 Å². The minimum Gasteiger partial charge on any atom is -0.490 e. The second kappa shape index (κ2) is 9.24. The Hall–Kier alpha value is -3.12. The summed E-state index contributed by atoms with van der Waals surface area (Å²) in [5.74, 6) is -1.03. The second-order valence-electron chi connectivity index (χ2n) is 4.83. The van der Waals surface area contributed by atoms with Crippen molar-refractivity contribution in [3.63, 3.8) is 0 Å². The number of hydrazone groups is 1. The normalized spacial score (nSPS) is 10.3. The van der Waals surface area contributed by atoms with E-state index >= 15 is 0 Å². The molecule has 0 bridgehead atoms. The molecule has 0 spiro atoms. The molecule has 0 unspecified atom stereocenters. The molecule has 2 rings (SSSR count). The van der Waals surface area contributed by atoms with Gasteiger partial charge < -0.3 is 10.1 Å². The first-order valence-electron chi connectivity index (χ1n) is 7.32. The summed E-state index contributed by atoms with van der Waals surface area (Å²) in [6, 6.07) is 13.5. The van der Waals surface area contributed by atoms with Gasteiger partial charge in [-0.1, -0.05) is 30.3 Å². The number of carbonyl (C=O) groups is 2. The van der Waals surface area contributed by atoms with Crippen LogP contribution in [0.15, 0.2) is 66.3 Å². The molecule has 0 saturated heterocycles. The number of nitrogens with one attached hydrogen (secondary N) is 2. The summed E-state index contributed by atoms with van der Waals surface area (Å²) in [5.41, 5.74) is 3.32. The first-order chi connectivity index (χ1) is 12.1. The van der Waals surface area contributed by atoms with Gasteiger partial charge in [-0.15, -0.1) is 0 Å². The minimum atomic E-state index is -0.887. The zero-order valence-electron chi connectivity index (χ0n) is 13.2. The maximum Gasteiger partial charge on any atom is 0.329 e. The summed E-state index contributed by atoms with van der Waals surface area (Å²) in [5, 5.41) is 6.62. The van der Waals surface area contributed by atoms with Crippen LogP contribution in [0.25, 0.3) is 0 Å². The van der Waals surface area contributed by atoms with Gasteiger partial charge in [-0.3, -0.25) is 9.59 Å². The van der Waals surface area contributed by atoms with E-state index in [4.69, 9.17) is 16.3 Å². The third kappa shape index (κ3) is 6.12. The number of benzene rings is 2. The van der Waals surface area contributed by atoms with E-state index in [-0.39, 0.29) is 0 Å². The lowest BCUT2D eigenvalue weighted by Gasteiger charge is -2.04. The van der Waals surface area contributed by atoms with Crippen molar-refractivity contribution in [3.05, 3.63) is 71.8 Å². The summed E-state index contributed by atoms with van der Waals surface area (Å²) < 4.78 is 5.35. The SMILES string of the molecule is C=CCOc1ccc(/C=N\NC(=O)C(=O)Nc2cccc(Cl)c2)cc1. The van der Waals surface area contributed by atoms with Crippen molar-refractivity contribution in [1.29, 1.82) is 0 Å². The van der Waals surface area contributed by atoms with E-state index in [1.165, 1.54) is 12.3 Å². The lowest BCUT2D eigenvalue weighted by Crippen LogP contribution is -2.32. The van der Waals surface area contributed by atoms with E-state index in [1.54, 1.807) is 48.5 Å². The van der Waals surface area contributed by atoms with E-state index < -0.39 is 11.8 Å². The van der Waals surface area contributed by atoms with E-state index in [0.29, 0.717) is 23.1 Å². The van der Waals surface area contributed by atoms with Gasteiger partial charge in [0.2, 0.25) is 0 Å². The number of nitrogens with zero attached hydrogens (tertiary/aromatic N) is 1. The molecule has 0 radical (unpaired) electrons. The molecule has 0 atom stereocenters. The fourth-order valence-electron chi connectivity index (χ4n) is 1.78. The zero-order chi connectivity index (χ0) is 18.1. The molecule has 0 saturated carbocycles. The van der Waals surface area contributed by atoms with Crippen molar-refractivity contribution in [2.45, 2.75) is 0 Å². The predicted molar refractivity (Wildman–Crippen MR) is 98.0 cm³/mol. The molecular formula is C18H16ClN3O3. The molecule has 7 heteroatoms. The van der Waals surface area contributed by atoms with Gasteiger partial charge in [0, 0.05) is 10.7 Å². The smallest absolute Gasteiger partial charge is 0.329 e. The maximum atomic E-state index is 11.7. The summed E-state index contributed by atoms with van der Waals surface area (Å²) in [6.07, 6.45) is 3.07. The van der Waals surface area contributed by atoms with Crippen LogP contribution in [0.5, 0.6) is 5.75 Å². The van der Waals surface area contributed by atoms with Crippen molar-refractivity contribution in [2.75, 3.05) is 11.9 Å². The van der Waals surface area contributed by atoms with Gasteiger partial charge in [0.1, 0.15) is 12.4 Å². The Morgan fingerprint density at radius 2 is 1.92 bits per heavy atom. The zero-order valence-corrected chi connectivity index (χ0v) is 14.0. The van der Waals surface area contributed by atoms with Gasteiger partial charge in [-0.25, -0.2) is 5.43 Å². The van der Waals surface area contributed by atoms with Crippen LogP contribution in [0, 0.1) is 0 Å². The van der Waals surface area contributed by atoms with E-state index in [0.717, 1.165) is 5.56 Å². The van der Waals surface area contributed by atoms with Crippen LogP contribution in [0.1, 0.15) is 5.56 Å². The Kier molecular flexibility index (Phi) is 6.74. The van der Waals surface area contributed by atoms with E-state index in [1.807, 2.05) is 0 Å². The largest absolute Gasteiger partial charge is 0.490 e. The predicted octanol–water partition coefficient (Wildman–Crippen LogP) is 2.99. The minimum absolute atomic E-state index is 0.422. The average molecular weight is 358 g/mol. The first-order valence-corrected chi connectivity index (χ1v) is 7.70. The average Bonchev–Trinajstić information content (AvgIpc) is 2.61. The van der Waals surface area contributed by atoms with Crippen LogP contribution >= 0.6 is 11.6 Å². The molecule has 6 nitrogen and oxygen atoms in total. The monoisotopic (exact) mass is 357 g/mol. The lowest BCUT2D eigenvalue weighted by molar-refractivity contribution is -0.136. The van der Waals surface area contributed by atoms with Crippen LogP contribution in [0.4, 0.5) is 5.69 Å².